The van der Waals surface area contributed by atoms with E-state index in [0.29, 0.717) is 12.2 Å². The van der Waals surface area contributed by atoms with Gasteiger partial charge in [0.25, 0.3) is 0 Å². The van der Waals surface area contributed by atoms with Gasteiger partial charge < -0.3 is 4.74 Å². The minimum absolute atomic E-state index is 0.187. The van der Waals surface area contributed by atoms with Gasteiger partial charge in [0, 0.05) is 5.54 Å². The number of aryl methyl sites for hydroxylation is 1. The van der Waals surface area contributed by atoms with Crippen LogP contribution >= 0.6 is 0 Å². The number of benzene rings is 1. The van der Waals surface area contributed by atoms with E-state index in [1.165, 1.54) is 7.11 Å². The minimum atomic E-state index is -3.57. The number of hydrogen-bond acceptors (Lipinski definition) is 3. The molecule has 0 aliphatic rings. The average Bonchev–Trinajstić information content (AvgIpc) is 2.28. The molecule has 0 fully saturated rings. The van der Waals surface area contributed by atoms with Gasteiger partial charge in [0.05, 0.1) is 7.11 Å². The summed E-state index contributed by atoms with van der Waals surface area (Å²) >= 11 is 0. The van der Waals surface area contributed by atoms with Crippen LogP contribution < -0.4 is 9.46 Å². The van der Waals surface area contributed by atoms with E-state index < -0.39 is 15.6 Å². The summed E-state index contributed by atoms with van der Waals surface area (Å²) < 4.78 is 32.5. The molecule has 0 unspecified atom stereocenters. The zero-order valence-electron chi connectivity index (χ0n) is 11.6. The number of ether oxygens (including phenoxy) is 1. The molecule has 5 heteroatoms. The summed E-state index contributed by atoms with van der Waals surface area (Å²) in [5, 5.41) is 0. The Labute approximate surface area is 109 Å². The fraction of sp³-hybridized carbons (Fsp3) is 0.538. The molecular formula is C13H21NO3S. The Bertz CT molecular complexity index is 521. The number of sulfonamides is 1. The highest BCUT2D eigenvalue weighted by Crippen LogP contribution is 2.26. The van der Waals surface area contributed by atoms with Gasteiger partial charge in [0.15, 0.2) is 0 Å². The first-order chi connectivity index (χ1) is 8.22. The van der Waals surface area contributed by atoms with E-state index in [4.69, 9.17) is 4.74 Å². The summed E-state index contributed by atoms with van der Waals surface area (Å²) in [5.74, 6) is 0.361. The van der Waals surface area contributed by atoms with Crippen molar-refractivity contribution in [2.24, 2.45) is 0 Å². The van der Waals surface area contributed by atoms with Crippen molar-refractivity contribution in [3.63, 3.8) is 0 Å². The van der Waals surface area contributed by atoms with Crippen LogP contribution in [0.4, 0.5) is 0 Å². The second kappa shape index (κ2) is 5.28. The quantitative estimate of drug-likeness (QED) is 0.895. The Kier molecular flexibility index (Phi) is 4.40. The third-order valence-corrected chi connectivity index (χ3v) is 4.62. The molecular weight excluding hydrogens is 250 g/mol. The van der Waals surface area contributed by atoms with Gasteiger partial charge in [-0.15, -0.1) is 0 Å². The summed E-state index contributed by atoms with van der Waals surface area (Å²) in [6.07, 6.45) is 0.709. The summed E-state index contributed by atoms with van der Waals surface area (Å²) in [4.78, 5) is 0.187. The topological polar surface area (TPSA) is 55.4 Å². The Morgan fingerprint density at radius 3 is 2.44 bits per heavy atom. The van der Waals surface area contributed by atoms with Gasteiger partial charge in [0.2, 0.25) is 10.0 Å². The second-order valence-electron chi connectivity index (χ2n) is 5.00. The molecule has 18 heavy (non-hydrogen) atoms. The van der Waals surface area contributed by atoms with Crippen LogP contribution in [-0.4, -0.2) is 21.1 Å². The van der Waals surface area contributed by atoms with E-state index in [1.54, 1.807) is 12.1 Å². The maximum Gasteiger partial charge on any atom is 0.244 e. The van der Waals surface area contributed by atoms with E-state index in [-0.39, 0.29) is 4.90 Å². The monoisotopic (exact) mass is 271 g/mol. The molecule has 1 aromatic carbocycles. The molecule has 0 aliphatic heterocycles. The van der Waals surface area contributed by atoms with Gasteiger partial charge in [-0.2, -0.15) is 0 Å². The lowest BCUT2D eigenvalue weighted by molar-refractivity contribution is 0.399. The molecule has 0 bridgehead atoms. The lowest BCUT2D eigenvalue weighted by Crippen LogP contribution is -2.42. The van der Waals surface area contributed by atoms with Gasteiger partial charge in [-0.05, 0) is 44.9 Å². The summed E-state index contributed by atoms with van der Waals surface area (Å²) in [7, 11) is -2.10. The first-order valence-corrected chi connectivity index (χ1v) is 7.39. The molecule has 0 aliphatic carbocycles. The molecule has 4 nitrogen and oxygen atoms in total. The number of methoxy groups -OCH3 is 1. The normalized spacial score (nSPS) is 12.5. The van der Waals surface area contributed by atoms with Crippen molar-refractivity contribution in [3.8, 4) is 5.75 Å². The van der Waals surface area contributed by atoms with Crippen LogP contribution in [0, 0.1) is 6.92 Å². The molecule has 0 saturated heterocycles. The van der Waals surface area contributed by atoms with Gasteiger partial charge in [-0.3, -0.25) is 0 Å². The molecule has 0 amide bonds. The maximum absolute atomic E-state index is 12.3. The van der Waals surface area contributed by atoms with Gasteiger partial charge in [-0.25, -0.2) is 13.1 Å². The number of rotatable bonds is 5. The van der Waals surface area contributed by atoms with Crippen LogP contribution in [0.3, 0.4) is 0 Å². The molecule has 0 radical (unpaired) electrons. The smallest absolute Gasteiger partial charge is 0.244 e. The lowest BCUT2D eigenvalue weighted by Gasteiger charge is -2.24. The van der Waals surface area contributed by atoms with E-state index in [2.05, 4.69) is 4.72 Å². The lowest BCUT2D eigenvalue weighted by atomic mass is 10.0. The van der Waals surface area contributed by atoms with Crippen LogP contribution in [0.15, 0.2) is 23.1 Å². The zero-order valence-corrected chi connectivity index (χ0v) is 12.4. The minimum Gasteiger partial charge on any atom is -0.495 e. The second-order valence-corrected chi connectivity index (χ2v) is 6.65. The molecule has 0 aromatic heterocycles. The van der Waals surface area contributed by atoms with Gasteiger partial charge in [0.1, 0.15) is 10.6 Å². The predicted molar refractivity (Wildman–Crippen MR) is 72.4 cm³/mol. The fourth-order valence-electron chi connectivity index (χ4n) is 1.48. The van der Waals surface area contributed by atoms with Crippen LogP contribution in [0.2, 0.25) is 0 Å². The highest BCUT2D eigenvalue weighted by Gasteiger charge is 2.27. The molecule has 0 heterocycles. The van der Waals surface area contributed by atoms with E-state index in [9.17, 15) is 8.42 Å². The molecule has 0 atom stereocenters. The van der Waals surface area contributed by atoms with Crippen molar-refractivity contribution >= 4 is 10.0 Å². The molecule has 1 N–H and O–H groups in total. The number of nitrogens with one attached hydrogen (secondary N) is 1. The van der Waals surface area contributed by atoms with Gasteiger partial charge in [-0.1, -0.05) is 13.0 Å². The summed E-state index contributed by atoms with van der Waals surface area (Å²) in [6, 6.07) is 5.11. The zero-order chi connectivity index (χ0) is 14.0. The van der Waals surface area contributed by atoms with Gasteiger partial charge >= 0.3 is 0 Å². The Hall–Kier alpha value is -1.07. The summed E-state index contributed by atoms with van der Waals surface area (Å²) in [5.41, 5.74) is 0.401. The Morgan fingerprint density at radius 2 is 1.94 bits per heavy atom. The fourth-order valence-corrected chi connectivity index (χ4v) is 3.22. The van der Waals surface area contributed by atoms with Crippen molar-refractivity contribution in [2.75, 3.05) is 7.11 Å². The predicted octanol–water partition coefficient (Wildman–Crippen LogP) is 2.47. The average molecular weight is 271 g/mol. The van der Waals surface area contributed by atoms with E-state index >= 15 is 0 Å². The van der Waals surface area contributed by atoms with Crippen molar-refractivity contribution < 1.29 is 13.2 Å². The van der Waals surface area contributed by atoms with Crippen molar-refractivity contribution in [1.82, 2.24) is 4.72 Å². The molecule has 1 aromatic rings. The molecule has 0 spiro atoms. The first-order valence-electron chi connectivity index (χ1n) is 5.90. The van der Waals surface area contributed by atoms with Crippen molar-refractivity contribution in [2.45, 2.75) is 44.6 Å². The first kappa shape index (κ1) is 15.0. The SMILES string of the molecule is CCC(C)(C)NS(=O)(=O)c1cc(C)ccc1OC. The van der Waals surface area contributed by atoms with E-state index in [0.717, 1.165) is 5.56 Å². The standard InChI is InChI=1S/C13H21NO3S/c1-6-13(3,4)14-18(15,16)12-9-10(2)7-8-11(12)17-5/h7-9,14H,6H2,1-5H3. The van der Waals surface area contributed by atoms with Crippen molar-refractivity contribution in [3.05, 3.63) is 23.8 Å². The Balaban J connectivity index is 3.24. The van der Waals surface area contributed by atoms with Crippen molar-refractivity contribution in [1.29, 1.82) is 0 Å². The molecule has 1 rings (SSSR count). The molecule has 0 saturated carbocycles. The van der Waals surface area contributed by atoms with Crippen LogP contribution in [0.25, 0.3) is 0 Å². The van der Waals surface area contributed by atoms with Crippen LogP contribution in [-0.2, 0) is 10.0 Å². The Morgan fingerprint density at radius 1 is 1.33 bits per heavy atom. The number of hydrogen-bond donors (Lipinski definition) is 1. The van der Waals surface area contributed by atoms with Crippen LogP contribution in [0.1, 0.15) is 32.8 Å². The molecule has 102 valence electrons. The third-order valence-electron chi connectivity index (χ3n) is 2.90. The third kappa shape index (κ3) is 3.46. The summed E-state index contributed by atoms with van der Waals surface area (Å²) in [6.45, 7) is 7.50. The van der Waals surface area contributed by atoms with Crippen LogP contribution in [0.5, 0.6) is 5.75 Å². The largest absolute Gasteiger partial charge is 0.495 e. The highest BCUT2D eigenvalue weighted by atomic mass is 32.2. The maximum atomic E-state index is 12.3. The van der Waals surface area contributed by atoms with E-state index in [1.807, 2.05) is 33.8 Å². The highest BCUT2D eigenvalue weighted by molar-refractivity contribution is 7.89.